The molecule has 214 valence electrons. The van der Waals surface area contributed by atoms with Crippen LogP contribution in [-0.2, 0) is 57.2 Å². The average molecular weight is 608 g/mol. The summed E-state index contributed by atoms with van der Waals surface area (Å²) in [6.45, 7) is 0.942. The number of nitrogens with one attached hydrogen (secondary N) is 1. The predicted molar refractivity (Wildman–Crippen MR) is 118 cm³/mol. The summed E-state index contributed by atoms with van der Waals surface area (Å²) >= 11 is 0. The minimum atomic E-state index is -5.78. The number of guanidine groups is 1. The lowest BCUT2D eigenvalue weighted by atomic mass is 9.99. The second-order valence-corrected chi connectivity index (χ2v) is 12.1. The van der Waals surface area contributed by atoms with Gasteiger partial charge in [0.15, 0.2) is 24.1 Å². The number of hydrogen-bond acceptors (Lipinski definition) is 16. The van der Waals surface area contributed by atoms with E-state index in [1.54, 1.807) is 0 Å². The lowest BCUT2D eigenvalue weighted by molar-refractivity contribution is -0.156. The third-order valence-corrected chi connectivity index (χ3v) is 8.54. The molecular formula is C14H23N6O15P3. The van der Waals surface area contributed by atoms with E-state index in [1.165, 1.54) is 0 Å². The van der Waals surface area contributed by atoms with Gasteiger partial charge >= 0.3 is 35.4 Å². The number of phosphoric ester groups is 1. The number of carbonyl (C=O) groups excluding carboxylic acids is 2. The summed E-state index contributed by atoms with van der Waals surface area (Å²) in [4.78, 5) is 63.8. The summed E-state index contributed by atoms with van der Waals surface area (Å²) in [6.07, 6.45) is -3.91. The Morgan fingerprint density at radius 2 is 1.79 bits per heavy atom. The van der Waals surface area contributed by atoms with Gasteiger partial charge in [-0.15, -0.1) is 5.10 Å². The Bertz CT molecular complexity index is 1250. The van der Waals surface area contributed by atoms with Crippen molar-refractivity contribution in [2.75, 3.05) is 13.2 Å². The van der Waals surface area contributed by atoms with Crippen molar-refractivity contribution in [1.82, 2.24) is 20.3 Å². The highest BCUT2D eigenvalue weighted by molar-refractivity contribution is 7.66. The number of nitrogens with zero attached hydrogens (tertiary/aromatic N) is 4. The predicted octanol–water partition coefficient (Wildman–Crippen LogP) is -1.32. The summed E-state index contributed by atoms with van der Waals surface area (Å²) in [5, 5.41) is 10.6. The third-order valence-electron chi connectivity index (χ3n) is 4.74. The standard InChI is InChI=1S/C14H23N6O15P3/c1-6(21)30-4-8-10(5-31-37(26,27)35-38(28,29)34-36(23,24)25)33-13(11(8)32-7(2)22)20-12-9(18-19-20)3-16-14(15)17-12/h8,10-11,13H,3-5H2,1-2H3,(H,26,27)(H,28,29)(H3,15,16,17)(H2,23,24,25)/t8-,10-,11-,13-/m1/s1. The number of nitrogens with two attached hydrogens (primary N) is 1. The van der Waals surface area contributed by atoms with Gasteiger partial charge in [-0.25, -0.2) is 13.7 Å². The topological polar surface area (TPSA) is 303 Å². The molecule has 0 aliphatic carbocycles. The Kier molecular flexibility index (Phi) is 9.12. The fourth-order valence-electron chi connectivity index (χ4n) is 3.42. The van der Waals surface area contributed by atoms with Gasteiger partial charge in [0.2, 0.25) is 0 Å². The normalized spacial score (nSPS) is 26.3. The molecule has 3 rings (SSSR count). The molecule has 21 nitrogen and oxygen atoms in total. The zero-order chi connectivity index (χ0) is 28.5. The lowest BCUT2D eigenvalue weighted by Gasteiger charge is -2.24. The molecule has 2 aliphatic rings. The van der Waals surface area contributed by atoms with Gasteiger partial charge in [-0.05, 0) is 0 Å². The van der Waals surface area contributed by atoms with Crippen LogP contribution < -0.4 is 11.1 Å². The zero-order valence-corrected chi connectivity index (χ0v) is 22.1. The summed E-state index contributed by atoms with van der Waals surface area (Å²) in [6, 6.07) is 0. The van der Waals surface area contributed by atoms with Crippen molar-refractivity contribution in [2.45, 2.75) is 38.8 Å². The van der Waals surface area contributed by atoms with Crippen molar-refractivity contribution < 1.29 is 70.2 Å². The van der Waals surface area contributed by atoms with E-state index in [9.17, 15) is 33.1 Å². The number of phosphoric acid groups is 3. The number of carbonyl (C=O) groups is 2. The maximum Gasteiger partial charge on any atom is 0.490 e. The maximum absolute atomic E-state index is 12.2. The molecule has 0 radical (unpaired) electrons. The maximum atomic E-state index is 12.2. The number of aliphatic imine (C=N–C) groups is 1. The SMILES string of the molecule is CC(=O)OC[C@H]1[C@@H](OC(C)=O)[C@H](n2nnc3c2N=C(N)NC3)O[C@@H]1COP(=O)(O)OP(=O)(O)OP(=O)(O)O. The first kappa shape index (κ1) is 30.3. The van der Waals surface area contributed by atoms with Crippen molar-refractivity contribution in [3.05, 3.63) is 5.69 Å². The van der Waals surface area contributed by atoms with Crippen LogP contribution in [0.1, 0.15) is 25.8 Å². The van der Waals surface area contributed by atoms with Crippen LogP contribution in [0.5, 0.6) is 0 Å². The van der Waals surface area contributed by atoms with E-state index in [0.29, 0.717) is 5.69 Å². The van der Waals surface area contributed by atoms with Crippen molar-refractivity contribution in [3.63, 3.8) is 0 Å². The highest BCUT2D eigenvalue weighted by Crippen LogP contribution is 2.66. The highest BCUT2D eigenvalue weighted by atomic mass is 31.3. The number of ether oxygens (including phenoxy) is 3. The van der Waals surface area contributed by atoms with Crippen LogP contribution >= 0.6 is 23.5 Å². The smallest absolute Gasteiger partial charge is 0.465 e. The van der Waals surface area contributed by atoms with Crippen molar-refractivity contribution in [2.24, 2.45) is 16.6 Å². The summed E-state index contributed by atoms with van der Waals surface area (Å²) < 4.78 is 63.9. The first-order valence-electron chi connectivity index (χ1n) is 10.2. The van der Waals surface area contributed by atoms with E-state index in [1.807, 2.05) is 0 Å². The Hall–Kier alpha value is -2.28. The van der Waals surface area contributed by atoms with Crippen LogP contribution in [0.3, 0.4) is 0 Å². The van der Waals surface area contributed by atoms with E-state index in [2.05, 4.69) is 33.8 Å². The second-order valence-electron chi connectivity index (χ2n) is 7.65. The van der Waals surface area contributed by atoms with Crippen LogP contribution in [0.2, 0.25) is 0 Å². The van der Waals surface area contributed by atoms with Crippen molar-refractivity contribution in [1.29, 1.82) is 0 Å². The zero-order valence-electron chi connectivity index (χ0n) is 19.4. The molecule has 0 spiro atoms. The Labute approximate surface area is 212 Å². The van der Waals surface area contributed by atoms with Gasteiger partial charge in [0.25, 0.3) is 0 Å². The second kappa shape index (κ2) is 11.4. The largest absolute Gasteiger partial charge is 0.490 e. The molecule has 0 bridgehead atoms. The van der Waals surface area contributed by atoms with E-state index < -0.39 is 73.0 Å². The summed E-state index contributed by atoms with van der Waals surface area (Å²) in [5.74, 6) is -2.46. The average Bonchev–Trinajstić information content (AvgIpc) is 3.28. The molecule has 1 saturated heterocycles. The number of rotatable bonds is 11. The number of aromatic nitrogens is 3. The van der Waals surface area contributed by atoms with Crippen molar-refractivity contribution in [3.8, 4) is 0 Å². The Morgan fingerprint density at radius 3 is 2.39 bits per heavy atom. The quantitative estimate of drug-likeness (QED) is 0.125. The molecule has 2 unspecified atom stereocenters. The molecule has 7 N–H and O–H groups in total. The van der Waals surface area contributed by atoms with Gasteiger partial charge in [0.05, 0.1) is 25.2 Å². The number of fused-ring (bicyclic) bond motifs is 1. The Morgan fingerprint density at radius 1 is 1.11 bits per heavy atom. The number of esters is 2. The third kappa shape index (κ3) is 8.11. The first-order chi connectivity index (χ1) is 17.5. The lowest BCUT2D eigenvalue weighted by Crippen LogP contribution is -2.36. The van der Waals surface area contributed by atoms with Gasteiger partial charge in [-0.3, -0.25) is 14.1 Å². The molecule has 38 heavy (non-hydrogen) atoms. The van der Waals surface area contributed by atoms with Crippen LogP contribution in [0.15, 0.2) is 4.99 Å². The molecule has 6 atom stereocenters. The van der Waals surface area contributed by atoms with Gasteiger partial charge in [0, 0.05) is 13.8 Å². The van der Waals surface area contributed by atoms with Crippen LogP contribution in [0.4, 0.5) is 5.82 Å². The first-order valence-corrected chi connectivity index (χ1v) is 14.7. The summed E-state index contributed by atoms with van der Waals surface area (Å²) in [7, 11) is -16.9. The van der Waals surface area contributed by atoms with Crippen LogP contribution in [0.25, 0.3) is 0 Å². The molecular weight excluding hydrogens is 585 g/mol. The van der Waals surface area contributed by atoms with Gasteiger partial charge in [0.1, 0.15) is 12.3 Å². The van der Waals surface area contributed by atoms with Gasteiger partial charge in [-0.2, -0.15) is 18.3 Å². The molecule has 1 fully saturated rings. The molecule has 0 aromatic carbocycles. The molecule has 24 heteroatoms. The van der Waals surface area contributed by atoms with Crippen LogP contribution in [-0.4, -0.2) is 77.9 Å². The van der Waals surface area contributed by atoms with E-state index in [0.717, 1.165) is 18.5 Å². The van der Waals surface area contributed by atoms with Crippen LogP contribution in [0, 0.1) is 5.92 Å². The molecule has 2 aliphatic heterocycles. The molecule has 0 amide bonds. The molecule has 3 heterocycles. The number of hydrogen-bond donors (Lipinski definition) is 6. The van der Waals surface area contributed by atoms with E-state index in [-0.39, 0.29) is 18.3 Å². The van der Waals surface area contributed by atoms with Gasteiger partial charge < -0.3 is 44.8 Å². The summed E-state index contributed by atoms with van der Waals surface area (Å²) in [5.41, 5.74) is 6.05. The molecule has 0 saturated carbocycles. The van der Waals surface area contributed by atoms with Gasteiger partial charge in [-0.1, -0.05) is 5.21 Å². The molecule has 1 aromatic heterocycles. The monoisotopic (exact) mass is 608 g/mol. The van der Waals surface area contributed by atoms with E-state index >= 15 is 0 Å². The minimum Gasteiger partial charge on any atom is -0.465 e. The highest BCUT2D eigenvalue weighted by Gasteiger charge is 2.51. The fourth-order valence-corrected chi connectivity index (χ4v) is 6.44. The minimum absolute atomic E-state index is 0.0174. The van der Waals surface area contributed by atoms with Crippen molar-refractivity contribution >= 4 is 47.2 Å². The Balaban J connectivity index is 1.87. The van der Waals surface area contributed by atoms with E-state index in [4.69, 9.17) is 29.7 Å². The molecule has 1 aromatic rings. The fraction of sp³-hybridized carbons (Fsp3) is 0.643.